The maximum atomic E-state index is 10.1. The van der Waals surface area contributed by atoms with E-state index >= 15 is 0 Å². The van der Waals surface area contributed by atoms with Crippen LogP contribution in [-0.4, -0.2) is 31.9 Å². The van der Waals surface area contributed by atoms with Crippen LogP contribution in [0.2, 0.25) is 5.02 Å². The number of benzene rings is 1. The normalized spacial score (nSPS) is 16.2. The molecular weight excluding hydrogens is 254 g/mol. The molecule has 0 radical (unpaired) electrons. The Labute approximate surface area is 112 Å². The van der Waals surface area contributed by atoms with Gasteiger partial charge in [-0.05, 0) is 14.0 Å². The Bertz CT molecular complexity index is 437. The van der Waals surface area contributed by atoms with E-state index in [0.29, 0.717) is 41.8 Å². The van der Waals surface area contributed by atoms with Gasteiger partial charge < -0.3 is 19.9 Å². The first kappa shape index (κ1) is 13.5. The lowest BCUT2D eigenvalue weighted by Gasteiger charge is -2.19. The van der Waals surface area contributed by atoms with E-state index in [1.54, 1.807) is 13.1 Å². The molecule has 1 aliphatic heterocycles. The van der Waals surface area contributed by atoms with E-state index < -0.39 is 6.10 Å². The predicted molar refractivity (Wildman–Crippen MR) is 70.7 cm³/mol. The molecule has 18 heavy (non-hydrogen) atoms. The largest absolute Gasteiger partial charge is 0.489 e. The summed E-state index contributed by atoms with van der Waals surface area (Å²) >= 11 is 6.23. The fraction of sp³-hybridized carbons (Fsp3) is 0.538. The number of hydrogen-bond donors (Lipinski definition) is 2. The average Bonchev–Trinajstić information content (AvgIpc) is 2.54. The van der Waals surface area contributed by atoms with Crippen LogP contribution in [0.25, 0.3) is 0 Å². The number of rotatable bonds is 3. The van der Waals surface area contributed by atoms with Crippen molar-refractivity contribution in [3.8, 4) is 11.5 Å². The maximum absolute atomic E-state index is 10.1. The fourth-order valence-corrected chi connectivity index (χ4v) is 2.52. The van der Waals surface area contributed by atoms with Crippen LogP contribution in [0.15, 0.2) is 6.07 Å². The predicted octanol–water partition coefficient (Wildman–Crippen LogP) is 2.06. The number of nitrogens with one attached hydrogen (secondary N) is 1. The minimum Gasteiger partial charge on any atom is -0.489 e. The molecule has 0 bridgehead atoms. The lowest BCUT2D eigenvalue weighted by molar-refractivity contribution is 0.176. The van der Waals surface area contributed by atoms with Gasteiger partial charge in [0.1, 0.15) is 0 Å². The van der Waals surface area contributed by atoms with Crippen LogP contribution >= 0.6 is 11.6 Å². The molecule has 0 saturated carbocycles. The standard InChI is InChI=1S/C13H18ClNO3/c1-8-12(10(16)7-15-2)9(14)6-11-13(8)18-5-3-4-17-11/h6,10,15-16H,3-5,7H2,1-2H3. The van der Waals surface area contributed by atoms with Gasteiger partial charge in [0, 0.05) is 30.2 Å². The molecule has 0 aliphatic carbocycles. The molecule has 100 valence electrons. The van der Waals surface area contributed by atoms with E-state index in [1.807, 2.05) is 6.92 Å². The van der Waals surface area contributed by atoms with Gasteiger partial charge >= 0.3 is 0 Å². The van der Waals surface area contributed by atoms with Gasteiger partial charge in [0.05, 0.1) is 24.3 Å². The zero-order valence-corrected chi connectivity index (χ0v) is 11.4. The minimum atomic E-state index is -0.653. The Balaban J connectivity index is 2.45. The van der Waals surface area contributed by atoms with Gasteiger partial charge in [0.25, 0.3) is 0 Å². The Morgan fingerprint density at radius 1 is 1.44 bits per heavy atom. The van der Waals surface area contributed by atoms with Crippen molar-refractivity contribution in [2.75, 3.05) is 26.8 Å². The third-order valence-electron chi connectivity index (χ3n) is 3.01. The summed E-state index contributed by atoms with van der Waals surface area (Å²) in [7, 11) is 1.79. The van der Waals surface area contributed by atoms with E-state index in [0.717, 1.165) is 12.0 Å². The van der Waals surface area contributed by atoms with Crippen LogP contribution in [-0.2, 0) is 0 Å². The smallest absolute Gasteiger partial charge is 0.164 e. The second-order valence-electron chi connectivity index (χ2n) is 4.35. The van der Waals surface area contributed by atoms with Crippen LogP contribution in [0.1, 0.15) is 23.7 Å². The van der Waals surface area contributed by atoms with Crippen molar-refractivity contribution in [3.63, 3.8) is 0 Å². The van der Waals surface area contributed by atoms with Crippen molar-refractivity contribution >= 4 is 11.6 Å². The summed E-state index contributed by atoms with van der Waals surface area (Å²) < 4.78 is 11.3. The maximum Gasteiger partial charge on any atom is 0.164 e. The molecule has 4 nitrogen and oxygen atoms in total. The van der Waals surface area contributed by atoms with Crippen LogP contribution in [0.3, 0.4) is 0 Å². The van der Waals surface area contributed by atoms with Gasteiger partial charge in [-0.15, -0.1) is 0 Å². The van der Waals surface area contributed by atoms with Gasteiger partial charge in [0.2, 0.25) is 0 Å². The Hall–Kier alpha value is -0.970. The van der Waals surface area contributed by atoms with E-state index in [1.165, 1.54) is 0 Å². The van der Waals surface area contributed by atoms with Crippen LogP contribution in [0.5, 0.6) is 11.5 Å². The third kappa shape index (κ3) is 2.55. The summed E-state index contributed by atoms with van der Waals surface area (Å²) in [5.74, 6) is 1.36. The number of fused-ring (bicyclic) bond motifs is 1. The molecule has 1 heterocycles. The molecule has 0 aromatic heterocycles. The summed E-state index contributed by atoms with van der Waals surface area (Å²) in [5, 5.41) is 13.6. The molecular formula is C13H18ClNO3. The van der Waals surface area contributed by atoms with Gasteiger partial charge in [0.15, 0.2) is 11.5 Å². The zero-order chi connectivity index (χ0) is 13.1. The fourth-order valence-electron chi connectivity index (χ4n) is 2.15. The van der Waals surface area contributed by atoms with Gasteiger partial charge in [-0.25, -0.2) is 0 Å². The number of aliphatic hydroxyl groups is 1. The number of ether oxygens (including phenoxy) is 2. The molecule has 5 heteroatoms. The number of hydrogen-bond acceptors (Lipinski definition) is 4. The monoisotopic (exact) mass is 271 g/mol. The number of aliphatic hydroxyl groups excluding tert-OH is 1. The zero-order valence-electron chi connectivity index (χ0n) is 10.6. The molecule has 0 saturated heterocycles. The SMILES string of the molecule is CNCC(O)c1c(Cl)cc2c(c1C)OCCCO2. The summed E-state index contributed by atoms with van der Waals surface area (Å²) in [4.78, 5) is 0. The van der Waals surface area contributed by atoms with E-state index in [2.05, 4.69) is 5.32 Å². The van der Waals surface area contributed by atoms with Crippen molar-refractivity contribution < 1.29 is 14.6 Å². The first-order valence-corrected chi connectivity index (χ1v) is 6.44. The van der Waals surface area contributed by atoms with Crippen LogP contribution < -0.4 is 14.8 Å². The molecule has 2 rings (SSSR count). The van der Waals surface area contributed by atoms with Crippen molar-refractivity contribution in [2.45, 2.75) is 19.4 Å². The second-order valence-corrected chi connectivity index (χ2v) is 4.76. The van der Waals surface area contributed by atoms with Crippen molar-refractivity contribution in [2.24, 2.45) is 0 Å². The molecule has 0 spiro atoms. The van der Waals surface area contributed by atoms with E-state index in [9.17, 15) is 5.11 Å². The third-order valence-corrected chi connectivity index (χ3v) is 3.32. The van der Waals surface area contributed by atoms with Crippen LogP contribution in [0.4, 0.5) is 0 Å². The second kappa shape index (κ2) is 5.78. The number of halogens is 1. The highest BCUT2D eigenvalue weighted by Gasteiger charge is 2.22. The molecule has 0 amide bonds. The topological polar surface area (TPSA) is 50.7 Å². The Morgan fingerprint density at radius 2 is 2.17 bits per heavy atom. The first-order valence-electron chi connectivity index (χ1n) is 6.06. The summed E-state index contributed by atoms with van der Waals surface area (Å²) in [6.07, 6.45) is 0.194. The quantitative estimate of drug-likeness (QED) is 0.884. The summed E-state index contributed by atoms with van der Waals surface area (Å²) in [5.41, 5.74) is 1.55. The summed E-state index contributed by atoms with van der Waals surface area (Å²) in [6.45, 7) is 3.59. The Kier molecular flexibility index (Phi) is 4.32. The van der Waals surface area contributed by atoms with E-state index in [4.69, 9.17) is 21.1 Å². The molecule has 2 N–H and O–H groups in total. The highest BCUT2D eigenvalue weighted by atomic mass is 35.5. The molecule has 1 aromatic rings. The first-order chi connectivity index (χ1) is 8.65. The highest BCUT2D eigenvalue weighted by Crippen LogP contribution is 2.41. The summed E-state index contributed by atoms with van der Waals surface area (Å²) in [6, 6.07) is 1.73. The minimum absolute atomic E-state index is 0.445. The van der Waals surface area contributed by atoms with E-state index in [-0.39, 0.29) is 0 Å². The molecule has 1 atom stereocenters. The van der Waals surface area contributed by atoms with Gasteiger partial charge in [-0.3, -0.25) is 0 Å². The van der Waals surface area contributed by atoms with Crippen LogP contribution in [0, 0.1) is 6.92 Å². The van der Waals surface area contributed by atoms with Crippen molar-refractivity contribution in [1.82, 2.24) is 5.32 Å². The van der Waals surface area contributed by atoms with Crippen molar-refractivity contribution in [3.05, 3.63) is 22.2 Å². The lowest BCUT2D eigenvalue weighted by atomic mass is 10.0. The number of likely N-dealkylation sites (N-methyl/N-ethyl adjacent to an activating group) is 1. The lowest BCUT2D eigenvalue weighted by Crippen LogP contribution is -2.18. The molecule has 1 unspecified atom stereocenters. The molecule has 1 aliphatic rings. The van der Waals surface area contributed by atoms with Gasteiger partial charge in [-0.2, -0.15) is 0 Å². The van der Waals surface area contributed by atoms with Gasteiger partial charge in [-0.1, -0.05) is 11.6 Å². The molecule has 0 fully saturated rings. The average molecular weight is 272 g/mol. The Morgan fingerprint density at radius 3 is 2.89 bits per heavy atom. The highest BCUT2D eigenvalue weighted by molar-refractivity contribution is 6.31. The van der Waals surface area contributed by atoms with Crippen molar-refractivity contribution in [1.29, 1.82) is 0 Å². The molecule has 1 aromatic carbocycles.